The maximum absolute atomic E-state index is 5.43. The lowest BCUT2D eigenvalue weighted by molar-refractivity contribution is 0.174. The van der Waals surface area contributed by atoms with Crippen LogP contribution in [0.1, 0.15) is 42.8 Å². The number of hydrogen-bond donors (Lipinski definition) is 1. The van der Waals surface area contributed by atoms with Gasteiger partial charge in [0.05, 0.1) is 12.8 Å². The minimum absolute atomic E-state index is 0.356. The van der Waals surface area contributed by atoms with Gasteiger partial charge in [-0.25, -0.2) is 0 Å². The molecule has 0 aromatic carbocycles. The van der Waals surface area contributed by atoms with Gasteiger partial charge in [0.25, 0.3) is 0 Å². The van der Waals surface area contributed by atoms with Gasteiger partial charge in [0.2, 0.25) is 0 Å². The fourth-order valence-corrected chi connectivity index (χ4v) is 3.07. The van der Waals surface area contributed by atoms with Crippen molar-refractivity contribution in [3.05, 3.63) is 53.7 Å². The third-order valence-corrected chi connectivity index (χ3v) is 4.47. The number of piperidine rings is 1. The molecular formula is C18H25N3O. The topological polar surface area (TPSA) is 41.3 Å². The summed E-state index contributed by atoms with van der Waals surface area (Å²) in [5.41, 5.74) is 2.34. The van der Waals surface area contributed by atoms with E-state index in [1.54, 1.807) is 6.26 Å². The summed E-state index contributed by atoms with van der Waals surface area (Å²) in [6.45, 7) is 7.42. The Morgan fingerprint density at radius 2 is 2.14 bits per heavy atom. The average Bonchev–Trinajstić information content (AvgIpc) is 3.03. The van der Waals surface area contributed by atoms with E-state index in [2.05, 4.69) is 40.3 Å². The Labute approximate surface area is 132 Å². The van der Waals surface area contributed by atoms with Gasteiger partial charge in [-0.2, -0.15) is 0 Å². The van der Waals surface area contributed by atoms with Crippen molar-refractivity contribution in [2.24, 2.45) is 0 Å². The molecule has 22 heavy (non-hydrogen) atoms. The van der Waals surface area contributed by atoms with Crippen LogP contribution in [0.25, 0.3) is 0 Å². The third-order valence-electron chi connectivity index (χ3n) is 4.47. The van der Waals surface area contributed by atoms with Crippen molar-refractivity contribution in [3.8, 4) is 0 Å². The summed E-state index contributed by atoms with van der Waals surface area (Å²) in [5, 5.41) is 3.74. The third kappa shape index (κ3) is 3.96. The lowest BCUT2D eigenvalue weighted by atomic mass is 10.0. The summed E-state index contributed by atoms with van der Waals surface area (Å²) in [5.74, 6) is 1.06. The highest BCUT2D eigenvalue weighted by molar-refractivity contribution is 5.16. The van der Waals surface area contributed by atoms with Crippen LogP contribution in [0.5, 0.6) is 0 Å². The van der Waals surface area contributed by atoms with Gasteiger partial charge >= 0.3 is 0 Å². The van der Waals surface area contributed by atoms with Crippen LogP contribution in [0.2, 0.25) is 0 Å². The molecule has 4 nitrogen and oxygen atoms in total. The maximum Gasteiger partial charge on any atom is 0.117 e. The van der Waals surface area contributed by atoms with Gasteiger partial charge in [0, 0.05) is 37.1 Å². The first-order valence-corrected chi connectivity index (χ1v) is 8.14. The van der Waals surface area contributed by atoms with E-state index in [1.165, 1.54) is 18.4 Å². The van der Waals surface area contributed by atoms with Crippen molar-refractivity contribution in [3.63, 3.8) is 0 Å². The van der Waals surface area contributed by atoms with E-state index in [4.69, 9.17) is 4.42 Å². The molecule has 1 N–H and O–H groups in total. The Kier molecular flexibility index (Phi) is 4.90. The number of aryl methyl sites for hydroxylation is 1. The molecule has 1 fully saturated rings. The van der Waals surface area contributed by atoms with Crippen molar-refractivity contribution in [2.45, 2.75) is 45.3 Å². The van der Waals surface area contributed by atoms with E-state index >= 15 is 0 Å². The Balaban J connectivity index is 1.46. The highest BCUT2D eigenvalue weighted by Crippen LogP contribution is 2.18. The van der Waals surface area contributed by atoms with E-state index in [0.717, 1.165) is 31.1 Å². The molecule has 0 spiro atoms. The standard InChI is InChI=1S/C18H25N3O/c1-14-5-6-16(12-19-14)15(2)20-17-7-9-21(10-8-17)13-18-4-3-11-22-18/h3-6,11-12,15,17,20H,7-10,13H2,1-2H3. The van der Waals surface area contributed by atoms with E-state index in [0.29, 0.717) is 12.1 Å². The van der Waals surface area contributed by atoms with Crippen LogP contribution in [0.4, 0.5) is 0 Å². The fourth-order valence-electron chi connectivity index (χ4n) is 3.07. The van der Waals surface area contributed by atoms with Crippen LogP contribution < -0.4 is 5.32 Å². The lowest BCUT2D eigenvalue weighted by Gasteiger charge is -2.33. The van der Waals surface area contributed by atoms with Gasteiger partial charge in [-0.15, -0.1) is 0 Å². The van der Waals surface area contributed by atoms with Gasteiger partial charge in [0.1, 0.15) is 5.76 Å². The highest BCUT2D eigenvalue weighted by atomic mass is 16.3. The van der Waals surface area contributed by atoms with Crippen molar-refractivity contribution in [1.29, 1.82) is 0 Å². The molecule has 1 atom stereocenters. The molecule has 2 aromatic heterocycles. The molecule has 0 saturated carbocycles. The predicted molar refractivity (Wildman–Crippen MR) is 87.5 cm³/mol. The molecule has 1 unspecified atom stereocenters. The minimum atomic E-state index is 0.356. The first-order chi connectivity index (χ1) is 10.7. The van der Waals surface area contributed by atoms with E-state index in [1.807, 2.05) is 19.2 Å². The predicted octanol–water partition coefficient (Wildman–Crippen LogP) is 3.30. The molecule has 3 rings (SSSR count). The van der Waals surface area contributed by atoms with Crippen molar-refractivity contribution >= 4 is 0 Å². The highest BCUT2D eigenvalue weighted by Gasteiger charge is 2.21. The molecule has 118 valence electrons. The maximum atomic E-state index is 5.43. The fraction of sp³-hybridized carbons (Fsp3) is 0.500. The molecule has 0 radical (unpaired) electrons. The number of aromatic nitrogens is 1. The first-order valence-electron chi connectivity index (χ1n) is 8.14. The molecule has 0 aliphatic carbocycles. The molecule has 1 saturated heterocycles. The Morgan fingerprint density at radius 3 is 2.77 bits per heavy atom. The summed E-state index contributed by atoms with van der Waals surface area (Å²) < 4.78 is 5.43. The van der Waals surface area contributed by atoms with Crippen molar-refractivity contribution in [1.82, 2.24) is 15.2 Å². The number of furan rings is 1. The van der Waals surface area contributed by atoms with Gasteiger partial charge in [0.15, 0.2) is 0 Å². The number of rotatable bonds is 5. The first kappa shape index (κ1) is 15.3. The van der Waals surface area contributed by atoms with Crippen molar-refractivity contribution in [2.75, 3.05) is 13.1 Å². The summed E-state index contributed by atoms with van der Waals surface area (Å²) in [6, 6.07) is 9.21. The van der Waals surface area contributed by atoms with Crippen LogP contribution in [0, 0.1) is 6.92 Å². The SMILES string of the molecule is Cc1ccc(C(C)NC2CCN(Cc3ccco3)CC2)cn1. The molecule has 1 aliphatic rings. The molecule has 1 aliphatic heterocycles. The van der Waals surface area contributed by atoms with Crippen LogP contribution in [0.3, 0.4) is 0 Å². The number of hydrogen-bond acceptors (Lipinski definition) is 4. The van der Waals surface area contributed by atoms with Crippen LogP contribution in [0.15, 0.2) is 41.1 Å². The Hall–Kier alpha value is -1.65. The van der Waals surface area contributed by atoms with Gasteiger partial charge in [-0.1, -0.05) is 6.07 Å². The summed E-state index contributed by atoms with van der Waals surface area (Å²) in [6.07, 6.45) is 6.11. The summed E-state index contributed by atoms with van der Waals surface area (Å²) >= 11 is 0. The van der Waals surface area contributed by atoms with Gasteiger partial charge < -0.3 is 9.73 Å². The zero-order chi connectivity index (χ0) is 15.4. The minimum Gasteiger partial charge on any atom is -0.468 e. The molecule has 3 heterocycles. The normalized spacial score (nSPS) is 18.5. The zero-order valence-corrected chi connectivity index (χ0v) is 13.5. The van der Waals surface area contributed by atoms with E-state index < -0.39 is 0 Å². The molecule has 0 bridgehead atoms. The van der Waals surface area contributed by atoms with E-state index in [-0.39, 0.29) is 0 Å². The van der Waals surface area contributed by atoms with E-state index in [9.17, 15) is 0 Å². The smallest absolute Gasteiger partial charge is 0.117 e. The number of nitrogens with one attached hydrogen (secondary N) is 1. The van der Waals surface area contributed by atoms with Crippen LogP contribution in [-0.2, 0) is 6.54 Å². The quantitative estimate of drug-likeness (QED) is 0.920. The summed E-state index contributed by atoms with van der Waals surface area (Å²) in [4.78, 5) is 6.86. The monoisotopic (exact) mass is 299 g/mol. The number of pyridine rings is 1. The molecule has 4 heteroatoms. The Morgan fingerprint density at radius 1 is 1.32 bits per heavy atom. The summed E-state index contributed by atoms with van der Waals surface area (Å²) in [7, 11) is 0. The molecule has 0 amide bonds. The molecular weight excluding hydrogens is 274 g/mol. The zero-order valence-electron chi connectivity index (χ0n) is 13.5. The van der Waals surface area contributed by atoms with Gasteiger partial charge in [-0.05, 0) is 50.5 Å². The second-order valence-electron chi connectivity index (χ2n) is 6.25. The second kappa shape index (κ2) is 7.07. The van der Waals surface area contributed by atoms with Gasteiger partial charge in [-0.3, -0.25) is 9.88 Å². The largest absolute Gasteiger partial charge is 0.468 e. The number of likely N-dealkylation sites (tertiary alicyclic amines) is 1. The second-order valence-corrected chi connectivity index (χ2v) is 6.25. The van der Waals surface area contributed by atoms with Crippen LogP contribution >= 0.6 is 0 Å². The van der Waals surface area contributed by atoms with Crippen LogP contribution in [-0.4, -0.2) is 29.0 Å². The number of nitrogens with zero attached hydrogens (tertiary/aromatic N) is 2. The lowest BCUT2D eigenvalue weighted by Crippen LogP contribution is -2.42. The Bertz CT molecular complexity index is 557. The molecule has 2 aromatic rings. The average molecular weight is 299 g/mol. The van der Waals surface area contributed by atoms with Crippen molar-refractivity contribution < 1.29 is 4.42 Å².